The summed E-state index contributed by atoms with van der Waals surface area (Å²) in [5, 5.41) is 13.9. The molecule has 1 N–H and O–H groups in total. The molecule has 0 spiro atoms. The molecule has 8 heteroatoms. The van der Waals surface area contributed by atoms with Crippen molar-refractivity contribution in [3.05, 3.63) is 86.5 Å². The van der Waals surface area contributed by atoms with Crippen LogP contribution in [0.15, 0.2) is 47.3 Å². The molecule has 1 aliphatic rings. The minimum atomic E-state index is -0.0425. The van der Waals surface area contributed by atoms with Gasteiger partial charge < -0.3 is 9.72 Å². The average Bonchev–Trinajstić information content (AvgIpc) is 3.57. The number of H-pyrrole nitrogens is 1. The topological polar surface area (TPSA) is 88.9 Å². The van der Waals surface area contributed by atoms with Gasteiger partial charge in [-0.2, -0.15) is 0 Å². The van der Waals surface area contributed by atoms with Gasteiger partial charge in [-0.3, -0.25) is 9.69 Å². The smallest absolute Gasteiger partial charge is 0.252 e. The van der Waals surface area contributed by atoms with Gasteiger partial charge in [0.1, 0.15) is 0 Å². The molecule has 0 amide bonds. The second kappa shape index (κ2) is 11.6. The van der Waals surface area contributed by atoms with Crippen LogP contribution in [-0.4, -0.2) is 49.3 Å². The number of nitrogens with one attached hydrogen (secondary N) is 1. The molecule has 5 rings (SSSR count). The fraction of sp³-hybridized carbons (Fsp3) is 0.467. The van der Waals surface area contributed by atoms with Gasteiger partial charge in [0.05, 0.1) is 24.2 Å². The van der Waals surface area contributed by atoms with Crippen molar-refractivity contribution in [3.63, 3.8) is 0 Å². The van der Waals surface area contributed by atoms with E-state index in [9.17, 15) is 4.79 Å². The molecule has 0 radical (unpaired) electrons. The number of ether oxygens (including phenoxy) is 1. The highest BCUT2D eigenvalue weighted by molar-refractivity contribution is 5.82. The van der Waals surface area contributed by atoms with Crippen LogP contribution in [0, 0.1) is 20.8 Å². The van der Waals surface area contributed by atoms with E-state index in [0.717, 1.165) is 66.7 Å². The average molecular weight is 515 g/mol. The van der Waals surface area contributed by atoms with E-state index in [2.05, 4.69) is 88.6 Å². The number of hydrogen-bond donors (Lipinski definition) is 1. The highest BCUT2D eigenvalue weighted by atomic mass is 16.5. The SMILES string of the molecule is CC[C@H](c1nnnn1C[C@H]1CCCO1)N(CCc1ccccc1C)Cc1cc2cc(C)cc(C)c2[nH]c1=O. The lowest BCUT2D eigenvalue weighted by molar-refractivity contribution is 0.0893. The van der Waals surface area contributed by atoms with Gasteiger partial charge in [0.2, 0.25) is 0 Å². The van der Waals surface area contributed by atoms with Crippen molar-refractivity contribution in [2.45, 2.75) is 78.6 Å². The van der Waals surface area contributed by atoms with Crippen LogP contribution in [0.2, 0.25) is 0 Å². The summed E-state index contributed by atoms with van der Waals surface area (Å²) in [6.07, 6.45) is 3.94. The Hall–Kier alpha value is -3.36. The molecule has 3 heterocycles. The molecule has 2 atom stereocenters. The molecular weight excluding hydrogens is 476 g/mol. The fourth-order valence-corrected chi connectivity index (χ4v) is 5.73. The summed E-state index contributed by atoms with van der Waals surface area (Å²) in [5.41, 5.74) is 6.47. The molecule has 1 aliphatic heterocycles. The van der Waals surface area contributed by atoms with Crippen molar-refractivity contribution < 1.29 is 4.74 Å². The minimum absolute atomic E-state index is 0.0373. The third-order valence-corrected chi connectivity index (χ3v) is 7.76. The van der Waals surface area contributed by atoms with Crippen LogP contribution in [-0.2, 0) is 24.2 Å². The maximum atomic E-state index is 13.3. The maximum Gasteiger partial charge on any atom is 0.252 e. The maximum absolute atomic E-state index is 13.3. The number of nitrogens with zero attached hydrogens (tertiary/aromatic N) is 5. The minimum Gasteiger partial charge on any atom is -0.376 e. The highest BCUT2D eigenvalue weighted by Crippen LogP contribution is 2.27. The zero-order chi connectivity index (χ0) is 26.6. The zero-order valence-corrected chi connectivity index (χ0v) is 22.9. The number of pyridine rings is 1. The Balaban J connectivity index is 1.49. The molecule has 200 valence electrons. The second-order valence-corrected chi connectivity index (χ2v) is 10.6. The van der Waals surface area contributed by atoms with Gasteiger partial charge >= 0.3 is 0 Å². The van der Waals surface area contributed by atoms with E-state index in [4.69, 9.17) is 4.74 Å². The summed E-state index contributed by atoms with van der Waals surface area (Å²) in [5.74, 6) is 0.830. The van der Waals surface area contributed by atoms with Crippen molar-refractivity contribution in [3.8, 4) is 0 Å². The molecule has 0 bridgehead atoms. The van der Waals surface area contributed by atoms with Gasteiger partial charge in [0.15, 0.2) is 5.82 Å². The van der Waals surface area contributed by atoms with Gasteiger partial charge in [-0.25, -0.2) is 4.68 Å². The second-order valence-electron chi connectivity index (χ2n) is 10.6. The van der Waals surface area contributed by atoms with Crippen LogP contribution in [0.1, 0.15) is 65.9 Å². The van der Waals surface area contributed by atoms with E-state index in [1.165, 1.54) is 16.7 Å². The predicted molar refractivity (Wildman–Crippen MR) is 149 cm³/mol. The van der Waals surface area contributed by atoms with Crippen molar-refractivity contribution >= 4 is 10.9 Å². The molecule has 0 unspecified atom stereocenters. The van der Waals surface area contributed by atoms with Crippen molar-refractivity contribution in [2.75, 3.05) is 13.2 Å². The summed E-state index contributed by atoms with van der Waals surface area (Å²) in [6, 6.07) is 14.8. The van der Waals surface area contributed by atoms with Gasteiger partial charge in [-0.15, -0.1) is 5.10 Å². The van der Waals surface area contributed by atoms with E-state index < -0.39 is 0 Å². The van der Waals surface area contributed by atoms with Crippen LogP contribution >= 0.6 is 0 Å². The number of fused-ring (bicyclic) bond motifs is 1. The van der Waals surface area contributed by atoms with E-state index in [1.54, 1.807) is 0 Å². The normalized spacial score (nSPS) is 16.5. The summed E-state index contributed by atoms with van der Waals surface area (Å²) >= 11 is 0. The number of benzene rings is 2. The van der Waals surface area contributed by atoms with Crippen LogP contribution in [0.25, 0.3) is 10.9 Å². The van der Waals surface area contributed by atoms with Crippen molar-refractivity contribution in [1.29, 1.82) is 0 Å². The number of aryl methyl sites for hydroxylation is 3. The number of hydrogen-bond acceptors (Lipinski definition) is 6. The molecule has 4 aromatic rings. The van der Waals surface area contributed by atoms with Crippen LogP contribution in [0.5, 0.6) is 0 Å². The molecule has 2 aromatic heterocycles. The van der Waals surface area contributed by atoms with Crippen molar-refractivity contribution in [2.24, 2.45) is 0 Å². The van der Waals surface area contributed by atoms with Crippen LogP contribution in [0.4, 0.5) is 0 Å². The molecule has 0 aliphatic carbocycles. The molecular formula is C30H38N6O2. The lowest BCUT2D eigenvalue weighted by Gasteiger charge is -2.30. The summed E-state index contributed by atoms with van der Waals surface area (Å²) in [4.78, 5) is 18.8. The molecule has 1 fully saturated rings. The van der Waals surface area contributed by atoms with E-state index in [0.29, 0.717) is 13.1 Å². The Morgan fingerprint density at radius 1 is 1.13 bits per heavy atom. The molecule has 38 heavy (non-hydrogen) atoms. The van der Waals surface area contributed by atoms with Crippen LogP contribution in [0.3, 0.4) is 0 Å². The highest BCUT2D eigenvalue weighted by Gasteiger charge is 2.27. The lowest BCUT2D eigenvalue weighted by Crippen LogP contribution is -2.35. The molecule has 0 saturated carbocycles. The third-order valence-electron chi connectivity index (χ3n) is 7.76. The molecule has 8 nitrogen and oxygen atoms in total. The summed E-state index contributed by atoms with van der Waals surface area (Å²) < 4.78 is 7.77. The number of aromatic nitrogens is 5. The fourth-order valence-electron chi connectivity index (χ4n) is 5.73. The van der Waals surface area contributed by atoms with E-state index in [1.807, 2.05) is 11.6 Å². The van der Waals surface area contributed by atoms with Crippen LogP contribution < -0.4 is 5.56 Å². The summed E-state index contributed by atoms with van der Waals surface area (Å²) in [7, 11) is 0. The predicted octanol–water partition coefficient (Wildman–Crippen LogP) is 4.81. The monoisotopic (exact) mass is 514 g/mol. The van der Waals surface area contributed by atoms with Gasteiger partial charge in [-0.1, -0.05) is 42.8 Å². The van der Waals surface area contributed by atoms with Gasteiger partial charge in [0, 0.05) is 25.3 Å². The first kappa shape index (κ1) is 26.3. The first-order valence-corrected chi connectivity index (χ1v) is 13.7. The Morgan fingerprint density at radius 3 is 2.74 bits per heavy atom. The largest absolute Gasteiger partial charge is 0.376 e. The standard InChI is InChI=1S/C30H38N6O2/c1-5-27(29-32-33-34-36(29)19-26-11-8-14-38-26)35(13-12-23-10-7-6-9-21(23)3)18-25-17-24-16-20(2)15-22(4)28(24)31-30(25)37/h6-7,9-10,15-17,26-27H,5,8,11-14,18-19H2,1-4H3,(H,31,37)/t26-,27-/m1/s1. The van der Waals surface area contributed by atoms with Gasteiger partial charge in [0.25, 0.3) is 5.56 Å². The molecule has 2 aromatic carbocycles. The number of rotatable bonds is 10. The quantitative estimate of drug-likeness (QED) is 0.327. The van der Waals surface area contributed by atoms with Crippen molar-refractivity contribution in [1.82, 2.24) is 30.1 Å². The number of tetrazole rings is 1. The van der Waals surface area contributed by atoms with E-state index in [-0.39, 0.29) is 17.7 Å². The first-order valence-electron chi connectivity index (χ1n) is 13.7. The van der Waals surface area contributed by atoms with E-state index >= 15 is 0 Å². The Kier molecular flexibility index (Phi) is 8.00. The van der Waals surface area contributed by atoms with Gasteiger partial charge in [-0.05, 0) is 91.1 Å². The Labute approximate surface area is 224 Å². The lowest BCUT2D eigenvalue weighted by atomic mass is 10.0. The Bertz CT molecular complexity index is 1450. The zero-order valence-electron chi connectivity index (χ0n) is 22.9. The summed E-state index contributed by atoms with van der Waals surface area (Å²) in [6.45, 7) is 11.2. The Morgan fingerprint density at radius 2 is 1.97 bits per heavy atom. The number of aromatic amines is 1. The molecule has 1 saturated heterocycles. The first-order chi connectivity index (χ1) is 18.4. The third kappa shape index (κ3) is 5.71.